The number of nitrogens with one attached hydrogen (secondary N) is 2. The number of piperazine rings is 1. The Kier molecular flexibility index (Phi) is 13.7. The average molecular weight is 564 g/mol. The van der Waals surface area contributed by atoms with Gasteiger partial charge in [0.05, 0.1) is 27.9 Å². The molecule has 8 nitrogen and oxygen atoms in total. The smallest absolute Gasteiger partial charge is 0.203 e. The van der Waals surface area contributed by atoms with Crippen molar-refractivity contribution in [3.05, 3.63) is 17.7 Å². The number of aliphatic imine (C=N–C) groups is 1. The van der Waals surface area contributed by atoms with Crippen molar-refractivity contribution in [2.45, 2.75) is 27.3 Å². The fourth-order valence-corrected chi connectivity index (χ4v) is 3.80. The first-order valence-electron chi connectivity index (χ1n) is 11.3. The monoisotopic (exact) mass is 563 g/mol. The molecule has 1 unspecified atom stereocenters. The molecular formula is C23H42IN5O3. The number of guanidine groups is 1. The Balaban J connectivity index is 0.00000512. The first-order chi connectivity index (χ1) is 15.0. The van der Waals surface area contributed by atoms with E-state index in [2.05, 4.69) is 41.2 Å². The molecule has 1 aliphatic heterocycles. The lowest BCUT2D eigenvalue weighted by atomic mass is 10.1. The van der Waals surface area contributed by atoms with Gasteiger partial charge < -0.3 is 34.6 Å². The summed E-state index contributed by atoms with van der Waals surface area (Å²) in [6.45, 7) is 15.8. The van der Waals surface area contributed by atoms with Crippen molar-refractivity contribution in [2.24, 2.45) is 10.9 Å². The number of rotatable bonds is 11. The molecule has 0 radical (unpaired) electrons. The van der Waals surface area contributed by atoms with Gasteiger partial charge in [0.1, 0.15) is 0 Å². The van der Waals surface area contributed by atoms with Crippen molar-refractivity contribution in [1.82, 2.24) is 20.4 Å². The van der Waals surface area contributed by atoms with Crippen LogP contribution in [0, 0.1) is 5.92 Å². The van der Waals surface area contributed by atoms with Gasteiger partial charge in [-0.2, -0.15) is 0 Å². The summed E-state index contributed by atoms with van der Waals surface area (Å²) >= 11 is 0. The first kappa shape index (κ1) is 28.6. The zero-order valence-corrected chi connectivity index (χ0v) is 22.9. The molecule has 2 N–H and O–H groups in total. The van der Waals surface area contributed by atoms with Gasteiger partial charge in [-0.1, -0.05) is 13.8 Å². The second-order valence-electron chi connectivity index (χ2n) is 7.95. The van der Waals surface area contributed by atoms with Gasteiger partial charge in [0.2, 0.25) is 5.75 Å². The lowest BCUT2D eigenvalue weighted by Crippen LogP contribution is -2.48. The van der Waals surface area contributed by atoms with Crippen LogP contribution in [0.25, 0.3) is 0 Å². The van der Waals surface area contributed by atoms with E-state index < -0.39 is 0 Å². The maximum Gasteiger partial charge on any atom is 0.203 e. The predicted octanol–water partition coefficient (Wildman–Crippen LogP) is 2.66. The summed E-state index contributed by atoms with van der Waals surface area (Å²) in [5.74, 6) is 3.23. The highest BCUT2D eigenvalue weighted by molar-refractivity contribution is 14.0. The number of benzene rings is 1. The molecule has 0 saturated carbocycles. The first-order valence-corrected chi connectivity index (χ1v) is 11.3. The lowest BCUT2D eigenvalue weighted by Gasteiger charge is -2.35. The minimum Gasteiger partial charge on any atom is -0.493 e. The molecule has 0 amide bonds. The predicted molar refractivity (Wildman–Crippen MR) is 142 cm³/mol. The van der Waals surface area contributed by atoms with Crippen molar-refractivity contribution in [1.29, 1.82) is 0 Å². The van der Waals surface area contributed by atoms with Crippen LogP contribution in [0.4, 0.5) is 0 Å². The number of methoxy groups -OCH3 is 3. The van der Waals surface area contributed by atoms with Crippen LogP contribution < -0.4 is 24.8 Å². The number of likely N-dealkylation sites (N-methyl/N-ethyl adjacent to an activating group) is 1. The molecule has 0 aromatic heterocycles. The van der Waals surface area contributed by atoms with Gasteiger partial charge in [-0.3, -0.25) is 0 Å². The fraction of sp³-hybridized carbons (Fsp3) is 0.696. The molecule has 32 heavy (non-hydrogen) atoms. The molecule has 0 aliphatic carbocycles. The van der Waals surface area contributed by atoms with Crippen molar-refractivity contribution in [3.8, 4) is 17.2 Å². The third-order valence-electron chi connectivity index (χ3n) is 5.59. The van der Waals surface area contributed by atoms with Crippen molar-refractivity contribution in [2.75, 3.05) is 73.7 Å². The largest absolute Gasteiger partial charge is 0.493 e. The third-order valence-corrected chi connectivity index (χ3v) is 5.59. The van der Waals surface area contributed by atoms with Gasteiger partial charge in [0, 0.05) is 45.8 Å². The standard InChI is InChI=1S/C23H41N5O3.HI/c1-7-24-23(25-15-18(3)17-28-11-9-27(8-2)10-12-28)26-16-19-13-20(29-4)22(31-6)21(14-19)30-5;/h13-14,18H,7-12,15-17H2,1-6H3,(H2,24,25,26);1H. The Labute approximate surface area is 211 Å². The van der Waals surface area contributed by atoms with E-state index in [0.717, 1.165) is 50.8 Å². The second kappa shape index (κ2) is 15.4. The molecule has 2 rings (SSSR count). The molecule has 0 spiro atoms. The molecule has 0 bridgehead atoms. The highest BCUT2D eigenvalue weighted by Gasteiger charge is 2.17. The number of ether oxygens (including phenoxy) is 3. The van der Waals surface area contributed by atoms with Crippen molar-refractivity contribution in [3.63, 3.8) is 0 Å². The second-order valence-corrected chi connectivity index (χ2v) is 7.95. The zero-order chi connectivity index (χ0) is 22.6. The Morgan fingerprint density at radius 2 is 1.56 bits per heavy atom. The number of hydrogen-bond donors (Lipinski definition) is 2. The van der Waals surface area contributed by atoms with E-state index in [9.17, 15) is 0 Å². The topological polar surface area (TPSA) is 70.6 Å². The zero-order valence-electron chi connectivity index (χ0n) is 20.6. The number of halogens is 1. The maximum atomic E-state index is 5.45. The summed E-state index contributed by atoms with van der Waals surface area (Å²) in [6.07, 6.45) is 0. The minimum atomic E-state index is 0. The average Bonchev–Trinajstić information content (AvgIpc) is 2.80. The van der Waals surface area contributed by atoms with Crippen LogP contribution in [0.3, 0.4) is 0 Å². The van der Waals surface area contributed by atoms with Gasteiger partial charge in [-0.15, -0.1) is 24.0 Å². The Bertz CT molecular complexity index is 671. The van der Waals surface area contributed by atoms with E-state index in [1.807, 2.05) is 12.1 Å². The minimum absolute atomic E-state index is 0. The molecule has 184 valence electrons. The fourth-order valence-electron chi connectivity index (χ4n) is 3.80. The molecule has 9 heteroatoms. The van der Waals surface area contributed by atoms with E-state index >= 15 is 0 Å². The Morgan fingerprint density at radius 3 is 2.06 bits per heavy atom. The summed E-state index contributed by atoms with van der Waals surface area (Å²) in [5, 5.41) is 6.83. The number of nitrogens with zero attached hydrogens (tertiary/aromatic N) is 3. The van der Waals surface area contributed by atoms with Gasteiger partial charge >= 0.3 is 0 Å². The lowest BCUT2D eigenvalue weighted by molar-refractivity contribution is 0.124. The maximum absolute atomic E-state index is 5.45. The van der Waals surface area contributed by atoms with Crippen LogP contribution >= 0.6 is 24.0 Å². The normalized spacial score (nSPS) is 16.1. The van der Waals surface area contributed by atoms with Crippen molar-refractivity contribution >= 4 is 29.9 Å². The van der Waals surface area contributed by atoms with Crippen LogP contribution in [-0.4, -0.2) is 89.4 Å². The van der Waals surface area contributed by atoms with Crippen LogP contribution in [0.2, 0.25) is 0 Å². The number of hydrogen-bond acceptors (Lipinski definition) is 6. The molecule has 1 aromatic carbocycles. The summed E-state index contributed by atoms with van der Waals surface area (Å²) < 4.78 is 16.3. The molecular weight excluding hydrogens is 521 g/mol. The van der Waals surface area contributed by atoms with Gasteiger partial charge in [0.25, 0.3) is 0 Å². The Hall–Kier alpha value is -1.46. The van der Waals surface area contributed by atoms with E-state index in [-0.39, 0.29) is 24.0 Å². The molecule has 1 aliphatic rings. The molecule has 1 heterocycles. The molecule has 1 saturated heterocycles. The highest BCUT2D eigenvalue weighted by atomic mass is 127. The highest BCUT2D eigenvalue weighted by Crippen LogP contribution is 2.38. The summed E-state index contributed by atoms with van der Waals surface area (Å²) in [4.78, 5) is 9.83. The van der Waals surface area contributed by atoms with Crippen LogP contribution in [0.5, 0.6) is 17.2 Å². The third kappa shape index (κ3) is 8.82. The quantitative estimate of drug-likeness (QED) is 0.244. The van der Waals surface area contributed by atoms with Crippen molar-refractivity contribution < 1.29 is 14.2 Å². The van der Waals surface area contributed by atoms with E-state index in [1.165, 1.54) is 13.1 Å². The van der Waals surface area contributed by atoms with E-state index in [1.54, 1.807) is 21.3 Å². The SMILES string of the molecule is CCNC(=NCc1cc(OC)c(OC)c(OC)c1)NCC(C)CN1CCN(CC)CC1.I. The summed E-state index contributed by atoms with van der Waals surface area (Å²) in [6, 6.07) is 3.87. The van der Waals surface area contributed by atoms with Crippen LogP contribution in [-0.2, 0) is 6.54 Å². The van der Waals surface area contributed by atoms with Gasteiger partial charge in [-0.05, 0) is 37.1 Å². The van der Waals surface area contributed by atoms with E-state index in [0.29, 0.717) is 29.7 Å². The van der Waals surface area contributed by atoms with Gasteiger partial charge in [-0.25, -0.2) is 4.99 Å². The van der Waals surface area contributed by atoms with Crippen LogP contribution in [0.1, 0.15) is 26.3 Å². The summed E-state index contributed by atoms with van der Waals surface area (Å²) in [5.41, 5.74) is 0.994. The molecule has 1 aromatic rings. The molecule has 1 fully saturated rings. The summed E-state index contributed by atoms with van der Waals surface area (Å²) in [7, 11) is 4.86. The van der Waals surface area contributed by atoms with E-state index in [4.69, 9.17) is 19.2 Å². The molecule has 1 atom stereocenters. The Morgan fingerprint density at radius 1 is 0.969 bits per heavy atom. The van der Waals surface area contributed by atoms with Gasteiger partial charge in [0.15, 0.2) is 17.5 Å². The van der Waals surface area contributed by atoms with Crippen LogP contribution in [0.15, 0.2) is 17.1 Å².